The van der Waals surface area contributed by atoms with Crippen molar-refractivity contribution in [3.05, 3.63) is 41.5 Å². The largest absolute Gasteiger partial charge is 0.411 e. The minimum Gasteiger partial charge on any atom is -0.411 e. The van der Waals surface area contributed by atoms with Gasteiger partial charge < -0.3 is 9.15 Å². The van der Waals surface area contributed by atoms with Crippen LogP contribution in [-0.4, -0.2) is 4.98 Å². The van der Waals surface area contributed by atoms with Gasteiger partial charge in [-0.05, 0) is 23.7 Å². The van der Waals surface area contributed by atoms with Gasteiger partial charge in [-0.2, -0.15) is 4.98 Å². The van der Waals surface area contributed by atoms with Crippen LogP contribution in [0.2, 0.25) is 5.22 Å². The number of hydrogen-bond acceptors (Lipinski definition) is 3. The number of halogens is 2. The third-order valence-electron chi connectivity index (χ3n) is 1.46. The Morgan fingerprint density at radius 1 is 1.43 bits per heavy atom. The fraction of sp³-hybridized carbons (Fsp3) is 0. The number of oxazole rings is 1. The summed E-state index contributed by atoms with van der Waals surface area (Å²) in [7, 11) is 0. The zero-order chi connectivity index (χ0) is 9.97. The lowest BCUT2D eigenvalue weighted by atomic mass is 10.3. The number of aromatic nitrogens is 1. The highest BCUT2D eigenvalue weighted by molar-refractivity contribution is 6.28. The molecule has 2 rings (SSSR count). The Balaban J connectivity index is 2.18. The molecule has 1 aromatic heterocycles. The van der Waals surface area contributed by atoms with Gasteiger partial charge in [0.05, 0.1) is 6.20 Å². The van der Waals surface area contributed by atoms with E-state index in [1.165, 1.54) is 24.4 Å². The first kappa shape index (κ1) is 9.02. The van der Waals surface area contributed by atoms with E-state index in [1.807, 2.05) is 0 Å². The molecular weight excluding hydrogens is 209 g/mol. The van der Waals surface area contributed by atoms with Crippen molar-refractivity contribution in [2.75, 3.05) is 0 Å². The van der Waals surface area contributed by atoms with E-state index in [9.17, 15) is 4.39 Å². The molecule has 0 N–H and O–H groups in total. The SMILES string of the molecule is Fc1cccc(Oc2ncc(Cl)o2)c1. The van der Waals surface area contributed by atoms with Crippen LogP contribution in [0.4, 0.5) is 4.39 Å². The van der Waals surface area contributed by atoms with Crippen LogP contribution in [0.25, 0.3) is 0 Å². The molecule has 0 radical (unpaired) electrons. The summed E-state index contributed by atoms with van der Waals surface area (Å²) in [4.78, 5) is 3.70. The average Bonchev–Trinajstić information content (AvgIpc) is 2.51. The molecule has 0 amide bonds. The second-order valence-electron chi connectivity index (χ2n) is 2.49. The Morgan fingerprint density at radius 3 is 2.93 bits per heavy atom. The Hall–Kier alpha value is -1.55. The summed E-state index contributed by atoms with van der Waals surface area (Å²) >= 11 is 5.47. The van der Waals surface area contributed by atoms with E-state index in [0.717, 1.165) is 0 Å². The van der Waals surface area contributed by atoms with Crippen molar-refractivity contribution >= 4 is 11.6 Å². The number of hydrogen-bond donors (Lipinski definition) is 0. The molecule has 1 aromatic carbocycles. The summed E-state index contributed by atoms with van der Waals surface area (Å²) in [5, 5.41) is 0.122. The number of rotatable bonds is 2. The van der Waals surface area contributed by atoms with Crippen LogP contribution in [0.5, 0.6) is 11.8 Å². The third kappa shape index (κ3) is 2.03. The van der Waals surface area contributed by atoms with E-state index in [-0.39, 0.29) is 17.1 Å². The topological polar surface area (TPSA) is 35.3 Å². The second kappa shape index (κ2) is 3.67. The molecule has 3 nitrogen and oxygen atoms in total. The molecular formula is C9H5ClFNO2. The fourth-order valence-electron chi connectivity index (χ4n) is 0.918. The maximum absolute atomic E-state index is 12.7. The smallest absolute Gasteiger partial charge is 0.400 e. The van der Waals surface area contributed by atoms with Crippen molar-refractivity contribution in [2.24, 2.45) is 0 Å². The lowest BCUT2D eigenvalue weighted by Crippen LogP contribution is -1.84. The third-order valence-corrected chi connectivity index (χ3v) is 1.63. The maximum atomic E-state index is 12.7. The van der Waals surface area contributed by atoms with E-state index in [2.05, 4.69) is 4.98 Å². The maximum Gasteiger partial charge on any atom is 0.400 e. The Kier molecular flexibility index (Phi) is 2.37. The predicted molar refractivity (Wildman–Crippen MR) is 48.0 cm³/mol. The van der Waals surface area contributed by atoms with Crippen LogP contribution in [0.15, 0.2) is 34.9 Å². The number of nitrogens with zero attached hydrogens (tertiary/aromatic N) is 1. The molecule has 0 fully saturated rings. The lowest BCUT2D eigenvalue weighted by molar-refractivity contribution is 0.330. The van der Waals surface area contributed by atoms with E-state index in [1.54, 1.807) is 6.07 Å². The molecule has 72 valence electrons. The van der Waals surface area contributed by atoms with Gasteiger partial charge in [-0.1, -0.05) is 6.07 Å². The van der Waals surface area contributed by atoms with Gasteiger partial charge >= 0.3 is 6.08 Å². The first-order chi connectivity index (χ1) is 6.74. The van der Waals surface area contributed by atoms with Gasteiger partial charge in [0.15, 0.2) is 0 Å². The quantitative estimate of drug-likeness (QED) is 0.768. The van der Waals surface area contributed by atoms with Crippen molar-refractivity contribution < 1.29 is 13.5 Å². The van der Waals surface area contributed by atoms with E-state index in [4.69, 9.17) is 20.8 Å². The van der Waals surface area contributed by atoms with Crippen LogP contribution < -0.4 is 4.74 Å². The Labute approximate surface area is 84.1 Å². The normalized spacial score (nSPS) is 10.1. The summed E-state index contributed by atoms with van der Waals surface area (Å²) in [6.07, 6.45) is 1.29. The number of benzene rings is 1. The molecule has 1 heterocycles. The van der Waals surface area contributed by atoms with Crippen LogP contribution in [0.1, 0.15) is 0 Å². The summed E-state index contributed by atoms with van der Waals surface area (Å²) in [6, 6.07) is 5.64. The fourth-order valence-corrected chi connectivity index (χ4v) is 1.03. The first-order valence-electron chi connectivity index (χ1n) is 3.79. The molecule has 5 heteroatoms. The molecule has 2 aromatic rings. The van der Waals surface area contributed by atoms with E-state index < -0.39 is 0 Å². The monoisotopic (exact) mass is 213 g/mol. The van der Waals surface area contributed by atoms with Crippen molar-refractivity contribution in [1.29, 1.82) is 0 Å². The molecule has 0 saturated heterocycles. The zero-order valence-corrected chi connectivity index (χ0v) is 7.66. The minimum atomic E-state index is -0.389. The van der Waals surface area contributed by atoms with Crippen molar-refractivity contribution in [3.63, 3.8) is 0 Å². The van der Waals surface area contributed by atoms with E-state index in [0.29, 0.717) is 5.75 Å². The van der Waals surface area contributed by atoms with Crippen molar-refractivity contribution in [1.82, 2.24) is 4.98 Å². The van der Waals surface area contributed by atoms with Gasteiger partial charge in [0.1, 0.15) is 11.6 Å². The molecule has 14 heavy (non-hydrogen) atoms. The molecule has 0 aliphatic heterocycles. The van der Waals surface area contributed by atoms with Crippen LogP contribution in [0.3, 0.4) is 0 Å². The average molecular weight is 214 g/mol. The molecule has 0 aliphatic rings. The molecule has 0 saturated carbocycles. The van der Waals surface area contributed by atoms with Gasteiger partial charge in [-0.25, -0.2) is 4.39 Å². The molecule has 0 unspecified atom stereocenters. The highest BCUT2D eigenvalue weighted by Crippen LogP contribution is 2.23. The summed E-state index contributed by atoms with van der Waals surface area (Å²) < 4.78 is 22.6. The molecule has 0 aliphatic carbocycles. The predicted octanol–water partition coefficient (Wildman–Crippen LogP) is 3.26. The van der Waals surface area contributed by atoms with Gasteiger partial charge in [-0.15, -0.1) is 0 Å². The van der Waals surface area contributed by atoms with Crippen molar-refractivity contribution in [2.45, 2.75) is 0 Å². The van der Waals surface area contributed by atoms with Gasteiger partial charge in [0.25, 0.3) is 0 Å². The molecule has 0 spiro atoms. The highest BCUT2D eigenvalue weighted by Gasteiger charge is 2.04. The van der Waals surface area contributed by atoms with E-state index >= 15 is 0 Å². The lowest BCUT2D eigenvalue weighted by Gasteiger charge is -1.98. The van der Waals surface area contributed by atoms with Gasteiger partial charge in [-0.3, -0.25) is 0 Å². The molecule has 0 bridgehead atoms. The Bertz CT molecular complexity index is 444. The van der Waals surface area contributed by atoms with Crippen LogP contribution >= 0.6 is 11.6 Å². The standard InChI is InChI=1S/C9H5ClFNO2/c10-8-5-12-9(14-8)13-7-3-1-2-6(11)4-7/h1-5H. The second-order valence-corrected chi connectivity index (χ2v) is 2.86. The van der Waals surface area contributed by atoms with Gasteiger partial charge in [0, 0.05) is 6.07 Å². The highest BCUT2D eigenvalue weighted by atomic mass is 35.5. The Morgan fingerprint density at radius 2 is 2.29 bits per heavy atom. The van der Waals surface area contributed by atoms with Crippen LogP contribution in [-0.2, 0) is 0 Å². The minimum absolute atomic E-state index is 0.0133. The van der Waals surface area contributed by atoms with Crippen molar-refractivity contribution in [3.8, 4) is 11.8 Å². The zero-order valence-electron chi connectivity index (χ0n) is 6.91. The van der Waals surface area contributed by atoms with Gasteiger partial charge in [0.2, 0.25) is 5.22 Å². The summed E-state index contributed by atoms with van der Waals surface area (Å²) in [5.41, 5.74) is 0. The van der Waals surface area contributed by atoms with Crippen LogP contribution in [0, 0.1) is 5.82 Å². The summed E-state index contributed by atoms with van der Waals surface area (Å²) in [6.45, 7) is 0. The summed E-state index contributed by atoms with van der Waals surface area (Å²) in [5.74, 6) is -0.0799. The molecule has 0 atom stereocenters. The number of ether oxygens (including phenoxy) is 1. The first-order valence-corrected chi connectivity index (χ1v) is 4.16.